The van der Waals surface area contributed by atoms with Crippen molar-refractivity contribution in [2.45, 2.75) is 58.2 Å². The van der Waals surface area contributed by atoms with Crippen molar-refractivity contribution >= 4 is 0 Å². The van der Waals surface area contributed by atoms with Gasteiger partial charge in [0, 0.05) is 12.5 Å². The Morgan fingerprint density at radius 2 is 2.11 bits per heavy atom. The fourth-order valence-electron chi connectivity index (χ4n) is 2.99. The molecule has 0 aliphatic carbocycles. The predicted molar refractivity (Wildman–Crippen MR) is 74.6 cm³/mol. The molecule has 0 bridgehead atoms. The number of nitrogens with one attached hydrogen (secondary N) is 1. The van der Waals surface area contributed by atoms with Gasteiger partial charge in [-0.25, -0.2) is 4.39 Å². The second-order valence-electron chi connectivity index (χ2n) is 5.80. The van der Waals surface area contributed by atoms with E-state index in [1.807, 2.05) is 32.0 Å². The number of halogens is 1. The molecule has 2 unspecified atom stereocenters. The van der Waals surface area contributed by atoms with Crippen molar-refractivity contribution in [1.82, 2.24) is 5.32 Å². The molecular formula is C16H24FN. The Hall–Kier alpha value is -0.890. The van der Waals surface area contributed by atoms with Gasteiger partial charge in [-0.15, -0.1) is 0 Å². The van der Waals surface area contributed by atoms with E-state index in [1.165, 1.54) is 18.4 Å². The van der Waals surface area contributed by atoms with Crippen LogP contribution in [0.3, 0.4) is 0 Å². The number of rotatable bonds is 3. The van der Waals surface area contributed by atoms with E-state index in [4.69, 9.17) is 0 Å². The summed E-state index contributed by atoms with van der Waals surface area (Å²) in [5.74, 6) is 0. The monoisotopic (exact) mass is 249 g/mol. The van der Waals surface area contributed by atoms with Crippen LogP contribution < -0.4 is 5.32 Å². The first-order chi connectivity index (χ1) is 8.50. The summed E-state index contributed by atoms with van der Waals surface area (Å²) >= 11 is 0. The minimum Gasteiger partial charge on any atom is -0.314 e. The Labute approximate surface area is 110 Å². The number of hydrogen-bond donors (Lipinski definition) is 1. The average molecular weight is 249 g/mol. The maximum absolute atomic E-state index is 15.0. The second kappa shape index (κ2) is 5.40. The van der Waals surface area contributed by atoms with E-state index < -0.39 is 5.67 Å². The summed E-state index contributed by atoms with van der Waals surface area (Å²) in [6, 6.07) is 6.27. The highest BCUT2D eigenvalue weighted by molar-refractivity contribution is 5.37. The summed E-state index contributed by atoms with van der Waals surface area (Å²) < 4.78 is 15.0. The lowest BCUT2D eigenvalue weighted by Gasteiger charge is -2.31. The van der Waals surface area contributed by atoms with Crippen molar-refractivity contribution < 1.29 is 4.39 Å². The van der Waals surface area contributed by atoms with Crippen LogP contribution in [-0.4, -0.2) is 12.6 Å². The lowest BCUT2D eigenvalue weighted by molar-refractivity contribution is 0.145. The molecule has 1 nitrogen and oxygen atoms in total. The summed E-state index contributed by atoms with van der Waals surface area (Å²) in [4.78, 5) is 0. The number of benzene rings is 1. The zero-order valence-electron chi connectivity index (χ0n) is 11.7. The predicted octanol–water partition coefficient (Wildman–Crippen LogP) is 4.02. The minimum absolute atomic E-state index is 0.327. The SMILES string of the molecule is Cc1cccc(C(C)(F)CC2CCCCN2)c1C. The van der Waals surface area contributed by atoms with Crippen LogP contribution in [0.4, 0.5) is 4.39 Å². The highest BCUT2D eigenvalue weighted by Crippen LogP contribution is 2.35. The van der Waals surface area contributed by atoms with Gasteiger partial charge in [-0.3, -0.25) is 0 Å². The number of alkyl halides is 1. The highest BCUT2D eigenvalue weighted by Gasteiger charge is 2.31. The second-order valence-corrected chi connectivity index (χ2v) is 5.80. The Morgan fingerprint density at radius 1 is 1.33 bits per heavy atom. The normalized spacial score (nSPS) is 23.7. The molecule has 0 spiro atoms. The van der Waals surface area contributed by atoms with Crippen molar-refractivity contribution in [3.8, 4) is 0 Å². The van der Waals surface area contributed by atoms with Gasteiger partial charge in [0.05, 0.1) is 0 Å². The smallest absolute Gasteiger partial charge is 0.135 e. The fourth-order valence-corrected chi connectivity index (χ4v) is 2.99. The van der Waals surface area contributed by atoms with E-state index in [-0.39, 0.29) is 0 Å². The summed E-state index contributed by atoms with van der Waals surface area (Å²) in [7, 11) is 0. The van der Waals surface area contributed by atoms with E-state index in [0.29, 0.717) is 12.5 Å². The quantitative estimate of drug-likeness (QED) is 0.853. The van der Waals surface area contributed by atoms with Gasteiger partial charge < -0.3 is 5.32 Å². The van der Waals surface area contributed by atoms with Gasteiger partial charge >= 0.3 is 0 Å². The van der Waals surface area contributed by atoms with E-state index in [9.17, 15) is 0 Å². The molecule has 2 heteroatoms. The van der Waals surface area contributed by atoms with E-state index >= 15 is 4.39 Å². The van der Waals surface area contributed by atoms with Crippen molar-refractivity contribution in [3.63, 3.8) is 0 Å². The van der Waals surface area contributed by atoms with Gasteiger partial charge in [0.15, 0.2) is 0 Å². The standard InChI is InChI=1S/C16H24FN/c1-12-7-6-9-15(13(12)2)16(3,17)11-14-8-4-5-10-18-14/h6-7,9,14,18H,4-5,8,10-11H2,1-3H3. The third-order valence-electron chi connectivity index (χ3n) is 4.21. The Kier molecular flexibility index (Phi) is 4.06. The van der Waals surface area contributed by atoms with Gasteiger partial charge in [-0.1, -0.05) is 24.6 Å². The van der Waals surface area contributed by atoms with Crippen molar-refractivity contribution in [2.24, 2.45) is 0 Å². The van der Waals surface area contributed by atoms with Crippen LogP contribution in [0.2, 0.25) is 0 Å². The van der Waals surface area contributed by atoms with Crippen LogP contribution in [-0.2, 0) is 5.67 Å². The number of aryl methyl sites for hydroxylation is 1. The first-order valence-electron chi connectivity index (χ1n) is 7.00. The molecule has 100 valence electrons. The molecule has 1 aromatic rings. The van der Waals surface area contributed by atoms with Gasteiger partial charge in [0.2, 0.25) is 0 Å². The molecule has 1 N–H and O–H groups in total. The zero-order chi connectivity index (χ0) is 13.2. The molecular weight excluding hydrogens is 225 g/mol. The summed E-state index contributed by atoms with van der Waals surface area (Å²) in [6.07, 6.45) is 4.13. The summed E-state index contributed by atoms with van der Waals surface area (Å²) in [5.41, 5.74) is 1.90. The summed E-state index contributed by atoms with van der Waals surface area (Å²) in [6.45, 7) is 6.84. The molecule has 0 aromatic heterocycles. The minimum atomic E-state index is -1.23. The topological polar surface area (TPSA) is 12.0 Å². The number of hydrogen-bond acceptors (Lipinski definition) is 1. The van der Waals surface area contributed by atoms with Gasteiger partial charge in [-0.2, -0.15) is 0 Å². The zero-order valence-corrected chi connectivity index (χ0v) is 11.7. The Balaban J connectivity index is 2.16. The fraction of sp³-hybridized carbons (Fsp3) is 0.625. The molecule has 2 rings (SSSR count). The molecule has 1 fully saturated rings. The maximum atomic E-state index is 15.0. The molecule has 1 saturated heterocycles. The van der Waals surface area contributed by atoms with Gasteiger partial charge in [0.1, 0.15) is 5.67 Å². The molecule has 1 aliphatic rings. The molecule has 0 radical (unpaired) electrons. The van der Waals surface area contributed by atoms with E-state index in [0.717, 1.165) is 24.1 Å². The van der Waals surface area contributed by atoms with E-state index in [1.54, 1.807) is 6.92 Å². The molecule has 2 atom stereocenters. The van der Waals surface area contributed by atoms with Crippen molar-refractivity contribution in [1.29, 1.82) is 0 Å². The van der Waals surface area contributed by atoms with Crippen LogP contribution in [0.5, 0.6) is 0 Å². The summed E-state index contributed by atoms with van der Waals surface area (Å²) in [5, 5.41) is 3.44. The molecule has 1 aliphatic heterocycles. The average Bonchev–Trinajstić information content (AvgIpc) is 2.33. The third kappa shape index (κ3) is 2.92. The lowest BCUT2D eigenvalue weighted by Crippen LogP contribution is -2.38. The van der Waals surface area contributed by atoms with E-state index in [2.05, 4.69) is 5.32 Å². The third-order valence-corrected chi connectivity index (χ3v) is 4.21. The van der Waals surface area contributed by atoms with Crippen LogP contribution >= 0.6 is 0 Å². The first-order valence-corrected chi connectivity index (χ1v) is 7.00. The highest BCUT2D eigenvalue weighted by atomic mass is 19.1. The van der Waals surface area contributed by atoms with Crippen LogP contribution in [0, 0.1) is 13.8 Å². The molecule has 0 saturated carbocycles. The van der Waals surface area contributed by atoms with Crippen LogP contribution in [0.15, 0.2) is 18.2 Å². The molecule has 1 aromatic carbocycles. The Morgan fingerprint density at radius 3 is 2.78 bits per heavy atom. The molecule has 1 heterocycles. The van der Waals surface area contributed by atoms with Crippen LogP contribution in [0.25, 0.3) is 0 Å². The van der Waals surface area contributed by atoms with Crippen molar-refractivity contribution in [2.75, 3.05) is 6.54 Å². The number of piperidine rings is 1. The van der Waals surface area contributed by atoms with Crippen molar-refractivity contribution in [3.05, 3.63) is 34.9 Å². The Bertz CT molecular complexity index is 406. The van der Waals surface area contributed by atoms with Gasteiger partial charge in [-0.05, 0) is 56.8 Å². The van der Waals surface area contributed by atoms with Gasteiger partial charge in [0.25, 0.3) is 0 Å². The molecule has 0 amide bonds. The first kappa shape index (κ1) is 13.5. The maximum Gasteiger partial charge on any atom is 0.135 e. The molecule has 18 heavy (non-hydrogen) atoms. The largest absolute Gasteiger partial charge is 0.314 e. The van der Waals surface area contributed by atoms with Crippen LogP contribution in [0.1, 0.15) is 49.3 Å². The lowest BCUT2D eigenvalue weighted by atomic mass is 9.84.